The molecule has 4 rings (SSSR count). The highest BCUT2D eigenvalue weighted by Crippen LogP contribution is 2.48. The monoisotopic (exact) mass is 351 g/mol. The van der Waals surface area contributed by atoms with Gasteiger partial charge in [0, 0.05) is 12.3 Å². The van der Waals surface area contributed by atoms with E-state index in [-0.39, 0.29) is 17.7 Å². The molecule has 2 aliphatic rings. The summed E-state index contributed by atoms with van der Waals surface area (Å²) in [6, 6.07) is 9.83. The maximum absolute atomic E-state index is 12.7. The van der Waals surface area contributed by atoms with Gasteiger partial charge >= 0.3 is 5.97 Å². The van der Waals surface area contributed by atoms with Gasteiger partial charge in [0.05, 0.1) is 18.4 Å². The van der Waals surface area contributed by atoms with Gasteiger partial charge in [-0.05, 0) is 36.3 Å². The van der Waals surface area contributed by atoms with Crippen LogP contribution in [0, 0.1) is 30.6 Å². The fourth-order valence-electron chi connectivity index (χ4n) is 4.20. The number of fused-ring (bicyclic) bond motifs is 2. The van der Waals surface area contributed by atoms with E-state index in [1.807, 2.05) is 36.5 Å². The van der Waals surface area contributed by atoms with E-state index >= 15 is 0 Å². The predicted molar refractivity (Wildman–Crippen MR) is 96.5 cm³/mol. The number of carboxylic acid groups (broad SMARTS) is 1. The predicted octanol–water partition coefficient (Wildman–Crippen LogP) is 2.70. The number of nitrogens with zero attached hydrogens (tertiary/aromatic N) is 2. The van der Waals surface area contributed by atoms with Gasteiger partial charge in [-0.25, -0.2) is 0 Å². The van der Waals surface area contributed by atoms with Crippen LogP contribution in [-0.4, -0.2) is 26.8 Å². The van der Waals surface area contributed by atoms with E-state index < -0.39 is 17.8 Å². The topological polar surface area (TPSA) is 84.2 Å². The summed E-state index contributed by atoms with van der Waals surface area (Å²) in [6.07, 6.45) is 6.48. The second-order valence-electron chi connectivity index (χ2n) is 7.15. The molecule has 4 atom stereocenters. The Hall–Kier alpha value is -2.89. The summed E-state index contributed by atoms with van der Waals surface area (Å²) in [4.78, 5) is 24.2. The highest BCUT2D eigenvalue weighted by Gasteiger charge is 2.51. The lowest BCUT2D eigenvalue weighted by Gasteiger charge is -2.23. The number of anilines is 1. The summed E-state index contributed by atoms with van der Waals surface area (Å²) in [5.41, 5.74) is 2.35. The van der Waals surface area contributed by atoms with Gasteiger partial charge in [-0.1, -0.05) is 36.4 Å². The lowest BCUT2D eigenvalue weighted by molar-refractivity contribution is -0.146. The number of benzene rings is 1. The van der Waals surface area contributed by atoms with Gasteiger partial charge in [-0.3, -0.25) is 14.3 Å². The van der Waals surface area contributed by atoms with Crippen molar-refractivity contribution in [2.75, 3.05) is 5.32 Å². The van der Waals surface area contributed by atoms with E-state index in [1.165, 1.54) is 5.56 Å². The van der Waals surface area contributed by atoms with E-state index in [1.54, 1.807) is 10.7 Å². The lowest BCUT2D eigenvalue weighted by Crippen LogP contribution is -2.36. The third-order valence-electron chi connectivity index (χ3n) is 5.53. The normalized spacial score (nSPS) is 26.2. The number of amides is 1. The first kappa shape index (κ1) is 16.6. The Morgan fingerprint density at radius 3 is 2.65 bits per heavy atom. The molecule has 0 saturated heterocycles. The van der Waals surface area contributed by atoms with Gasteiger partial charge in [0.2, 0.25) is 5.91 Å². The first-order valence-electron chi connectivity index (χ1n) is 8.83. The first-order chi connectivity index (χ1) is 12.5. The molecule has 1 amide bonds. The van der Waals surface area contributed by atoms with Crippen molar-refractivity contribution in [3.8, 4) is 0 Å². The Morgan fingerprint density at radius 1 is 1.19 bits per heavy atom. The third kappa shape index (κ3) is 2.92. The fourth-order valence-corrected chi connectivity index (χ4v) is 4.20. The molecule has 2 N–H and O–H groups in total. The van der Waals surface area contributed by atoms with Gasteiger partial charge in [-0.2, -0.15) is 5.10 Å². The highest BCUT2D eigenvalue weighted by atomic mass is 16.4. The maximum atomic E-state index is 12.7. The lowest BCUT2D eigenvalue weighted by atomic mass is 9.82. The van der Waals surface area contributed by atoms with Gasteiger partial charge < -0.3 is 10.4 Å². The van der Waals surface area contributed by atoms with Crippen molar-refractivity contribution in [1.29, 1.82) is 0 Å². The van der Waals surface area contributed by atoms with E-state index in [4.69, 9.17) is 0 Å². The largest absolute Gasteiger partial charge is 0.481 e. The standard InChI is InChI=1S/C20H21N3O3/c1-12-4-2-3-5-15(12)11-23-9-8-16(22-23)21-19(24)17-13-6-7-14(10-13)18(17)20(25)26/h2-9,13-14,17-18H,10-11H2,1H3,(H,25,26)(H,21,22,24)/t13-,14-,17+,18-/m0/s1. The van der Waals surface area contributed by atoms with Crippen LogP contribution >= 0.6 is 0 Å². The molecule has 1 aromatic carbocycles. The van der Waals surface area contributed by atoms with Crippen LogP contribution in [0.1, 0.15) is 17.5 Å². The molecule has 134 valence electrons. The van der Waals surface area contributed by atoms with Crippen molar-refractivity contribution in [1.82, 2.24) is 9.78 Å². The average molecular weight is 351 g/mol. The summed E-state index contributed by atoms with van der Waals surface area (Å²) in [5, 5.41) is 16.7. The molecular formula is C20H21N3O3. The molecule has 0 radical (unpaired) electrons. The van der Waals surface area contributed by atoms with Crippen molar-refractivity contribution in [2.45, 2.75) is 19.9 Å². The van der Waals surface area contributed by atoms with Crippen LogP contribution in [0.4, 0.5) is 5.82 Å². The molecule has 1 heterocycles. The summed E-state index contributed by atoms with van der Waals surface area (Å²) >= 11 is 0. The minimum absolute atomic E-state index is 0.00940. The van der Waals surface area contributed by atoms with Crippen LogP contribution in [0.15, 0.2) is 48.7 Å². The summed E-state index contributed by atoms with van der Waals surface area (Å²) in [7, 11) is 0. The van der Waals surface area contributed by atoms with Crippen molar-refractivity contribution >= 4 is 17.7 Å². The van der Waals surface area contributed by atoms with Crippen molar-refractivity contribution < 1.29 is 14.7 Å². The molecule has 6 heteroatoms. The molecule has 2 aromatic rings. The van der Waals surface area contributed by atoms with Crippen molar-refractivity contribution in [3.05, 3.63) is 59.8 Å². The number of hydrogen-bond acceptors (Lipinski definition) is 3. The molecule has 0 unspecified atom stereocenters. The van der Waals surface area contributed by atoms with E-state index in [0.717, 1.165) is 12.0 Å². The summed E-state index contributed by atoms with van der Waals surface area (Å²) in [6.45, 7) is 2.67. The summed E-state index contributed by atoms with van der Waals surface area (Å²) < 4.78 is 1.77. The minimum atomic E-state index is -0.896. The van der Waals surface area contributed by atoms with Gasteiger partial charge in [0.25, 0.3) is 0 Å². The number of aryl methyl sites for hydroxylation is 1. The van der Waals surface area contributed by atoms with Crippen LogP contribution in [0.5, 0.6) is 0 Å². The number of carboxylic acids is 1. The van der Waals surface area contributed by atoms with Crippen LogP contribution < -0.4 is 5.32 Å². The number of rotatable bonds is 5. The van der Waals surface area contributed by atoms with Gasteiger partial charge in [0.15, 0.2) is 5.82 Å². The van der Waals surface area contributed by atoms with Gasteiger partial charge in [-0.15, -0.1) is 0 Å². The average Bonchev–Trinajstić information content (AvgIpc) is 3.32. The highest BCUT2D eigenvalue weighted by molar-refractivity contribution is 5.95. The zero-order valence-corrected chi connectivity index (χ0v) is 14.5. The Morgan fingerprint density at radius 2 is 1.92 bits per heavy atom. The Bertz CT molecular complexity index is 886. The molecule has 1 aromatic heterocycles. The number of carbonyl (C=O) groups excluding carboxylic acids is 1. The number of allylic oxidation sites excluding steroid dienone is 2. The number of aromatic nitrogens is 2. The van der Waals surface area contributed by atoms with Crippen LogP contribution in [0.2, 0.25) is 0 Å². The minimum Gasteiger partial charge on any atom is -0.481 e. The number of hydrogen-bond donors (Lipinski definition) is 2. The number of nitrogens with one attached hydrogen (secondary N) is 1. The molecule has 26 heavy (non-hydrogen) atoms. The van der Waals surface area contributed by atoms with Crippen LogP contribution in [0.25, 0.3) is 0 Å². The van der Waals surface area contributed by atoms with Crippen LogP contribution in [0.3, 0.4) is 0 Å². The molecule has 0 spiro atoms. The second-order valence-corrected chi connectivity index (χ2v) is 7.15. The Balaban J connectivity index is 1.46. The fraction of sp³-hybridized carbons (Fsp3) is 0.350. The molecule has 1 saturated carbocycles. The smallest absolute Gasteiger partial charge is 0.307 e. The maximum Gasteiger partial charge on any atom is 0.307 e. The zero-order chi connectivity index (χ0) is 18.3. The number of aliphatic carboxylic acids is 1. The van der Waals surface area contributed by atoms with Gasteiger partial charge in [0.1, 0.15) is 0 Å². The van der Waals surface area contributed by atoms with Crippen molar-refractivity contribution in [3.63, 3.8) is 0 Å². The third-order valence-corrected chi connectivity index (χ3v) is 5.53. The zero-order valence-electron chi connectivity index (χ0n) is 14.5. The SMILES string of the molecule is Cc1ccccc1Cn1ccc(NC(=O)[C@H]2[C@@H](C(=O)O)[C@H]3C=C[C@H]2C3)n1. The summed E-state index contributed by atoms with van der Waals surface area (Å²) in [5.74, 6) is -1.88. The number of carbonyl (C=O) groups is 2. The molecule has 0 aliphatic heterocycles. The molecule has 2 bridgehead atoms. The van der Waals surface area contributed by atoms with E-state index in [0.29, 0.717) is 12.4 Å². The Labute approximate surface area is 151 Å². The quantitative estimate of drug-likeness (QED) is 0.811. The molecule has 2 aliphatic carbocycles. The first-order valence-corrected chi connectivity index (χ1v) is 8.83. The van der Waals surface area contributed by atoms with E-state index in [2.05, 4.69) is 23.4 Å². The second kappa shape index (κ2) is 6.44. The van der Waals surface area contributed by atoms with Crippen LogP contribution in [-0.2, 0) is 16.1 Å². The van der Waals surface area contributed by atoms with E-state index in [9.17, 15) is 14.7 Å². The molecule has 6 nitrogen and oxygen atoms in total. The molecule has 1 fully saturated rings. The molecular weight excluding hydrogens is 330 g/mol. The Kier molecular flexibility index (Phi) is 4.11. The van der Waals surface area contributed by atoms with Crippen molar-refractivity contribution in [2.24, 2.45) is 23.7 Å².